The number of carbonyl (C=O) groups is 1. The van der Waals surface area contributed by atoms with Gasteiger partial charge < -0.3 is 15.2 Å². The molecule has 1 aromatic rings. The Morgan fingerprint density at radius 2 is 2.17 bits per heavy atom. The molecule has 1 aromatic carbocycles. The van der Waals surface area contributed by atoms with Crippen molar-refractivity contribution >= 4 is 17.7 Å². The molecule has 134 valence electrons. The molecule has 1 amide bonds. The molecule has 0 atom stereocenters. The summed E-state index contributed by atoms with van der Waals surface area (Å²) < 4.78 is 5.78. The van der Waals surface area contributed by atoms with E-state index in [0.717, 1.165) is 18.7 Å². The molecular weight excluding hydrogens is 324 g/mol. The van der Waals surface area contributed by atoms with E-state index in [1.165, 1.54) is 43.3 Å². The molecular formula is C18H28N2O3S. The normalized spacial score (nSPS) is 14.7. The number of carbonyl (C=O) groups excluding carboxylic acids is 1. The molecule has 24 heavy (non-hydrogen) atoms. The van der Waals surface area contributed by atoms with E-state index < -0.39 is 0 Å². The SMILES string of the molecule is O=C(CSCCO)NCCCOc1cccc(CN2CCCC2)c1. The maximum atomic E-state index is 11.5. The molecule has 5 nitrogen and oxygen atoms in total. The van der Waals surface area contributed by atoms with Crippen LogP contribution in [0.5, 0.6) is 5.75 Å². The van der Waals surface area contributed by atoms with Crippen molar-refractivity contribution in [1.82, 2.24) is 10.2 Å². The van der Waals surface area contributed by atoms with Gasteiger partial charge in [0.25, 0.3) is 0 Å². The largest absolute Gasteiger partial charge is 0.494 e. The Morgan fingerprint density at radius 1 is 1.33 bits per heavy atom. The predicted octanol–water partition coefficient (Wildman–Crippen LogP) is 1.89. The fraction of sp³-hybridized carbons (Fsp3) is 0.611. The van der Waals surface area contributed by atoms with Crippen molar-refractivity contribution in [3.63, 3.8) is 0 Å². The fourth-order valence-electron chi connectivity index (χ4n) is 2.70. The van der Waals surface area contributed by atoms with E-state index in [4.69, 9.17) is 9.84 Å². The van der Waals surface area contributed by atoms with Crippen LogP contribution in [0, 0.1) is 0 Å². The van der Waals surface area contributed by atoms with Crippen LogP contribution < -0.4 is 10.1 Å². The molecule has 2 rings (SSSR count). The summed E-state index contributed by atoms with van der Waals surface area (Å²) in [5, 5.41) is 11.5. The number of thioether (sulfide) groups is 1. The Bertz CT molecular complexity index is 493. The van der Waals surface area contributed by atoms with Gasteiger partial charge in [-0.1, -0.05) is 12.1 Å². The molecule has 0 aliphatic carbocycles. The van der Waals surface area contributed by atoms with Gasteiger partial charge in [-0.15, -0.1) is 11.8 Å². The van der Waals surface area contributed by atoms with Crippen molar-refractivity contribution in [3.05, 3.63) is 29.8 Å². The van der Waals surface area contributed by atoms with Crippen LogP contribution in [0.4, 0.5) is 0 Å². The maximum Gasteiger partial charge on any atom is 0.229 e. The quantitative estimate of drug-likeness (QED) is 0.596. The molecule has 0 spiro atoms. The van der Waals surface area contributed by atoms with Crippen LogP contribution in [0.25, 0.3) is 0 Å². The lowest BCUT2D eigenvalue weighted by Gasteiger charge is -2.15. The highest BCUT2D eigenvalue weighted by atomic mass is 32.2. The summed E-state index contributed by atoms with van der Waals surface area (Å²) in [6.07, 6.45) is 3.40. The molecule has 1 heterocycles. The lowest BCUT2D eigenvalue weighted by atomic mass is 10.2. The lowest BCUT2D eigenvalue weighted by Crippen LogP contribution is -2.27. The molecule has 1 fully saturated rings. The number of benzene rings is 1. The number of aliphatic hydroxyl groups excluding tert-OH is 1. The molecule has 0 radical (unpaired) electrons. The molecule has 2 N–H and O–H groups in total. The number of hydrogen-bond donors (Lipinski definition) is 2. The third-order valence-corrected chi connectivity index (χ3v) is 4.82. The van der Waals surface area contributed by atoms with Crippen LogP contribution in [-0.4, -0.2) is 60.3 Å². The van der Waals surface area contributed by atoms with Crippen LogP contribution in [0.3, 0.4) is 0 Å². The molecule has 0 bridgehead atoms. The third kappa shape index (κ3) is 7.55. The monoisotopic (exact) mass is 352 g/mol. The number of nitrogens with zero attached hydrogens (tertiary/aromatic N) is 1. The highest BCUT2D eigenvalue weighted by Gasteiger charge is 2.11. The van der Waals surface area contributed by atoms with E-state index in [0.29, 0.717) is 24.7 Å². The van der Waals surface area contributed by atoms with Gasteiger partial charge in [-0.05, 0) is 50.0 Å². The smallest absolute Gasteiger partial charge is 0.229 e. The zero-order chi connectivity index (χ0) is 17.0. The number of likely N-dealkylation sites (tertiary alicyclic amines) is 1. The van der Waals surface area contributed by atoms with Crippen LogP contribution in [0.2, 0.25) is 0 Å². The van der Waals surface area contributed by atoms with Crippen LogP contribution in [0.1, 0.15) is 24.8 Å². The number of hydrogen-bond acceptors (Lipinski definition) is 5. The zero-order valence-corrected chi connectivity index (χ0v) is 15.0. The minimum Gasteiger partial charge on any atom is -0.494 e. The highest BCUT2D eigenvalue weighted by molar-refractivity contribution is 7.99. The van der Waals surface area contributed by atoms with Crippen molar-refractivity contribution in [2.24, 2.45) is 0 Å². The summed E-state index contributed by atoms with van der Waals surface area (Å²) in [5.74, 6) is 1.92. The van der Waals surface area contributed by atoms with Crippen molar-refractivity contribution in [2.45, 2.75) is 25.8 Å². The van der Waals surface area contributed by atoms with E-state index in [2.05, 4.69) is 22.3 Å². The summed E-state index contributed by atoms with van der Waals surface area (Å²) in [6, 6.07) is 8.29. The van der Waals surface area contributed by atoms with Gasteiger partial charge in [0.05, 0.1) is 19.0 Å². The van der Waals surface area contributed by atoms with E-state index in [1.54, 1.807) is 0 Å². The van der Waals surface area contributed by atoms with Crippen molar-refractivity contribution in [1.29, 1.82) is 0 Å². The summed E-state index contributed by atoms with van der Waals surface area (Å²) >= 11 is 1.44. The van der Waals surface area contributed by atoms with Crippen molar-refractivity contribution in [2.75, 3.05) is 44.4 Å². The molecule has 1 aliphatic heterocycles. The van der Waals surface area contributed by atoms with Crippen LogP contribution >= 0.6 is 11.8 Å². The second kappa shape index (κ2) is 11.3. The number of nitrogens with one attached hydrogen (secondary N) is 1. The second-order valence-corrected chi connectivity index (χ2v) is 7.06. The predicted molar refractivity (Wildman–Crippen MR) is 98.5 cm³/mol. The Morgan fingerprint density at radius 3 is 2.96 bits per heavy atom. The van der Waals surface area contributed by atoms with Gasteiger partial charge in [-0.2, -0.15) is 0 Å². The molecule has 0 unspecified atom stereocenters. The summed E-state index contributed by atoms with van der Waals surface area (Å²) in [6.45, 7) is 4.72. The summed E-state index contributed by atoms with van der Waals surface area (Å²) in [7, 11) is 0. The topological polar surface area (TPSA) is 61.8 Å². The van der Waals surface area contributed by atoms with Gasteiger partial charge in [0.15, 0.2) is 0 Å². The lowest BCUT2D eigenvalue weighted by molar-refractivity contribution is -0.118. The highest BCUT2D eigenvalue weighted by Crippen LogP contribution is 2.17. The number of amides is 1. The Balaban J connectivity index is 1.59. The maximum absolute atomic E-state index is 11.5. The zero-order valence-electron chi connectivity index (χ0n) is 14.2. The van der Waals surface area contributed by atoms with E-state index >= 15 is 0 Å². The first kappa shape index (κ1) is 19.1. The first-order valence-electron chi connectivity index (χ1n) is 8.67. The molecule has 0 aromatic heterocycles. The number of aliphatic hydroxyl groups is 1. The molecule has 6 heteroatoms. The van der Waals surface area contributed by atoms with Crippen LogP contribution in [0.15, 0.2) is 24.3 Å². The summed E-state index contributed by atoms with van der Waals surface area (Å²) in [5.41, 5.74) is 1.30. The Kier molecular flexibility index (Phi) is 9.02. The van der Waals surface area contributed by atoms with Crippen molar-refractivity contribution < 1.29 is 14.6 Å². The molecule has 1 aliphatic rings. The average Bonchev–Trinajstić information content (AvgIpc) is 3.08. The van der Waals surface area contributed by atoms with Gasteiger partial charge in [-0.3, -0.25) is 9.69 Å². The molecule has 0 saturated carbocycles. The van der Waals surface area contributed by atoms with Crippen LogP contribution in [-0.2, 0) is 11.3 Å². The van der Waals surface area contributed by atoms with Gasteiger partial charge in [0.1, 0.15) is 5.75 Å². The van der Waals surface area contributed by atoms with Gasteiger partial charge in [0, 0.05) is 18.8 Å². The number of rotatable bonds is 11. The van der Waals surface area contributed by atoms with Crippen molar-refractivity contribution in [3.8, 4) is 5.75 Å². The van der Waals surface area contributed by atoms with E-state index in [9.17, 15) is 4.79 Å². The molecule has 1 saturated heterocycles. The minimum atomic E-state index is 0.0149. The average molecular weight is 353 g/mol. The third-order valence-electron chi connectivity index (χ3n) is 3.88. The first-order chi connectivity index (χ1) is 11.8. The van der Waals surface area contributed by atoms with E-state index in [-0.39, 0.29) is 12.5 Å². The Hall–Kier alpha value is -1.24. The Labute approximate surface area is 148 Å². The first-order valence-corrected chi connectivity index (χ1v) is 9.83. The van der Waals surface area contributed by atoms with Gasteiger partial charge in [-0.25, -0.2) is 0 Å². The summed E-state index contributed by atoms with van der Waals surface area (Å²) in [4.78, 5) is 14.0. The van der Waals surface area contributed by atoms with E-state index in [1.807, 2.05) is 12.1 Å². The second-order valence-electron chi connectivity index (χ2n) is 5.96. The standard InChI is InChI=1S/C18H28N2O3S/c21-10-12-24-15-18(22)19-7-4-11-23-17-6-3-5-16(13-17)14-20-8-1-2-9-20/h3,5-6,13,21H,1-2,4,7-12,14-15H2,(H,19,22). The fourth-order valence-corrected chi connectivity index (χ4v) is 3.26. The minimum absolute atomic E-state index is 0.0149. The number of ether oxygens (including phenoxy) is 1. The van der Waals surface area contributed by atoms with Gasteiger partial charge in [0.2, 0.25) is 5.91 Å². The van der Waals surface area contributed by atoms with Gasteiger partial charge >= 0.3 is 0 Å².